The number of rotatable bonds is 2. The highest BCUT2D eigenvalue weighted by molar-refractivity contribution is 9.10. The molecule has 0 saturated carbocycles. The predicted molar refractivity (Wildman–Crippen MR) is 87.8 cm³/mol. The number of carbonyl (C=O) groups excluding carboxylic acids is 1. The Morgan fingerprint density at radius 2 is 2.18 bits per heavy atom. The smallest absolute Gasteiger partial charge is 0.273 e. The Morgan fingerprint density at radius 1 is 1.41 bits per heavy atom. The van der Waals surface area contributed by atoms with Crippen LogP contribution in [0, 0.1) is 5.82 Å². The van der Waals surface area contributed by atoms with Crippen LogP contribution in [0.2, 0.25) is 5.02 Å². The first-order valence-corrected chi connectivity index (χ1v) is 7.51. The fourth-order valence-corrected chi connectivity index (χ4v) is 3.16. The molecule has 112 valence electrons. The van der Waals surface area contributed by atoms with Crippen LogP contribution in [0.15, 0.2) is 41.0 Å². The molecule has 0 spiro atoms. The Kier molecular flexibility index (Phi) is 3.88. The summed E-state index contributed by atoms with van der Waals surface area (Å²) in [5, 5.41) is 2.65. The van der Waals surface area contributed by atoms with Gasteiger partial charge >= 0.3 is 0 Å². The first-order chi connectivity index (χ1) is 10.5. The summed E-state index contributed by atoms with van der Waals surface area (Å²) in [5.74, 6) is -0.871. The number of benzene rings is 1. The van der Waals surface area contributed by atoms with Gasteiger partial charge in [-0.25, -0.2) is 4.39 Å². The highest BCUT2D eigenvalue weighted by Crippen LogP contribution is 2.29. The summed E-state index contributed by atoms with van der Waals surface area (Å²) in [6, 6.07) is 7.70. The summed E-state index contributed by atoms with van der Waals surface area (Å²) in [7, 11) is 1.78. The van der Waals surface area contributed by atoms with E-state index in [0.717, 1.165) is 5.52 Å². The molecule has 3 aromatic rings. The average Bonchev–Trinajstić information content (AvgIpc) is 2.75. The van der Waals surface area contributed by atoms with E-state index in [0.29, 0.717) is 21.4 Å². The molecule has 0 radical (unpaired) electrons. The van der Waals surface area contributed by atoms with Crippen LogP contribution < -0.4 is 5.32 Å². The van der Waals surface area contributed by atoms with Crippen molar-refractivity contribution in [3.05, 3.63) is 57.5 Å². The van der Waals surface area contributed by atoms with E-state index in [1.165, 1.54) is 18.2 Å². The molecule has 2 aromatic heterocycles. The Labute approximate surface area is 139 Å². The molecule has 0 fully saturated rings. The zero-order chi connectivity index (χ0) is 15.9. The number of fused-ring (bicyclic) bond motifs is 1. The molecule has 0 atom stereocenters. The predicted octanol–water partition coefficient (Wildman–Crippen LogP) is 4.38. The molecule has 22 heavy (non-hydrogen) atoms. The molecule has 1 aromatic carbocycles. The van der Waals surface area contributed by atoms with Crippen molar-refractivity contribution < 1.29 is 9.18 Å². The standard InChI is InChI=1S/C15H10BrClFN3O/c1-21-11-3-2-6-19-13(11)12(16)14(21)15(22)20-8-4-5-10(18)9(17)7-8/h2-7H,1H3,(H,20,22). The number of aryl methyl sites for hydroxylation is 1. The zero-order valence-corrected chi connectivity index (χ0v) is 13.7. The van der Waals surface area contributed by atoms with E-state index in [-0.39, 0.29) is 10.9 Å². The third kappa shape index (κ3) is 2.48. The Balaban J connectivity index is 2.00. The summed E-state index contributed by atoms with van der Waals surface area (Å²) >= 11 is 9.13. The number of amides is 1. The lowest BCUT2D eigenvalue weighted by Crippen LogP contribution is -2.16. The largest absolute Gasteiger partial charge is 0.337 e. The monoisotopic (exact) mass is 381 g/mol. The van der Waals surface area contributed by atoms with E-state index < -0.39 is 5.82 Å². The minimum atomic E-state index is -0.533. The molecule has 1 amide bonds. The molecule has 0 bridgehead atoms. The number of hydrogen-bond donors (Lipinski definition) is 1. The number of halogens is 3. The van der Waals surface area contributed by atoms with E-state index in [4.69, 9.17) is 11.6 Å². The third-order valence-corrected chi connectivity index (χ3v) is 4.33. The molecular weight excluding hydrogens is 373 g/mol. The fourth-order valence-electron chi connectivity index (χ4n) is 2.23. The van der Waals surface area contributed by atoms with Crippen LogP contribution in [0.25, 0.3) is 11.0 Å². The number of aromatic nitrogens is 2. The quantitative estimate of drug-likeness (QED) is 0.715. The SMILES string of the molecule is Cn1c(C(=O)Nc2ccc(F)c(Cl)c2)c(Br)c2ncccc21. The minimum Gasteiger partial charge on any atom is -0.337 e. The molecule has 3 rings (SSSR count). The van der Waals surface area contributed by atoms with Crippen molar-refractivity contribution in [3.8, 4) is 0 Å². The fraction of sp³-hybridized carbons (Fsp3) is 0.0667. The van der Waals surface area contributed by atoms with E-state index >= 15 is 0 Å². The highest BCUT2D eigenvalue weighted by atomic mass is 79.9. The van der Waals surface area contributed by atoms with Gasteiger partial charge in [0.05, 0.1) is 15.0 Å². The molecule has 0 aliphatic heterocycles. The third-order valence-electron chi connectivity index (χ3n) is 3.29. The maximum Gasteiger partial charge on any atom is 0.273 e. The maximum atomic E-state index is 13.2. The summed E-state index contributed by atoms with van der Waals surface area (Å²) in [4.78, 5) is 16.8. The van der Waals surface area contributed by atoms with E-state index in [1.54, 1.807) is 23.9 Å². The molecule has 0 aliphatic carbocycles. The van der Waals surface area contributed by atoms with Gasteiger partial charge in [0.15, 0.2) is 0 Å². The van der Waals surface area contributed by atoms with E-state index in [9.17, 15) is 9.18 Å². The van der Waals surface area contributed by atoms with Gasteiger partial charge in [0.1, 0.15) is 17.0 Å². The van der Waals surface area contributed by atoms with Gasteiger partial charge in [-0.2, -0.15) is 0 Å². The van der Waals surface area contributed by atoms with Crippen LogP contribution in [0.5, 0.6) is 0 Å². The van der Waals surface area contributed by atoms with Gasteiger partial charge in [-0.15, -0.1) is 0 Å². The number of nitrogens with zero attached hydrogens (tertiary/aromatic N) is 2. The van der Waals surface area contributed by atoms with Crippen molar-refractivity contribution in [2.24, 2.45) is 7.05 Å². The zero-order valence-electron chi connectivity index (χ0n) is 11.4. The molecule has 7 heteroatoms. The Bertz CT molecular complexity index is 855. The molecular formula is C15H10BrClFN3O. The number of hydrogen-bond acceptors (Lipinski definition) is 2. The minimum absolute atomic E-state index is 0.0458. The highest BCUT2D eigenvalue weighted by Gasteiger charge is 2.20. The summed E-state index contributed by atoms with van der Waals surface area (Å²) < 4.78 is 15.5. The summed E-state index contributed by atoms with van der Waals surface area (Å²) in [6.45, 7) is 0. The lowest BCUT2D eigenvalue weighted by molar-refractivity contribution is 0.101. The topological polar surface area (TPSA) is 46.9 Å². The van der Waals surface area contributed by atoms with Gasteiger partial charge < -0.3 is 9.88 Å². The van der Waals surface area contributed by atoms with Gasteiger partial charge in [-0.05, 0) is 46.3 Å². The summed E-state index contributed by atoms with van der Waals surface area (Å²) in [5.41, 5.74) is 2.37. The van der Waals surface area contributed by atoms with Crippen molar-refractivity contribution in [2.45, 2.75) is 0 Å². The van der Waals surface area contributed by atoms with Gasteiger partial charge in [-0.3, -0.25) is 9.78 Å². The van der Waals surface area contributed by atoms with E-state index in [1.807, 2.05) is 6.07 Å². The lowest BCUT2D eigenvalue weighted by atomic mass is 10.3. The summed E-state index contributed by atoms with van der Waals surface area (Å²) in [6.07, 6.45) is 1.66. The molecule has 4 nitrogen and oxygen atoms in total. The van der Waals surface area contributed by atoms with Crippen LogP contribution >= 0.6 is 27.5 Å². The number of nitrogens with one attached hydrogen (secondary N) is 1. The van der Waals surface area contributed by atoms with Gasteiger partial charge in [0.25, 0.3) is 5.91 Å². The molecule has 0 aliphatic rings. The second-order valence-electron chi connectivity index (χ2n) is 4.68. The van der Waals surface area contributed by atoms with Crippen LogP contribution in [0.3, 0.4) is 0 Å². The van der Waals surface area contributed by atoms with Crippen molar-refractivity contribution >= 4 is 50.2 Å². The van der Waals surface area contributed by atoms with Gasteiger partial charge in [0.2, 0.25) is 0 Å². The Hall–Kier alpha value is -1.92. The number of pyridine rings is 1. The number of anilines is 1. The van der Waals surface area contributed by atoms with E-state index in [2.05, 4.69) is 26.2 Å². The van der Waals surface area contributed by atoms with Gasteiger partial charge in [-0.1, -0.05) is 11.6 Å². The average molecular weight is 383 g/mol. The van der Waals surface area contributed by atoms with Crippen molar-refractivity contribution in [1.82, 2.24) is 9.55 Å². The van der Waals surface area contributed by atoms with Crippen LogP contribution in [0.1, 0.15) is 10.5 Å². The second-order valence-corrected chi connectivity index (χ2v) is 5.88. The molecule has 2 heterocycles. The molecule has 1 N–H and O–H groups in total. The maximum absolute atomic E-state index is 13.2. The van der Waals surface area contributed by atoms with Gasteiger partial charge in [0, 0.05) is 18.9 Å². The van der Waals surface area contributed by atoms with Crippen molar-refractivity contribution in [1.29, 1.82) is 0 Å². The molecule has 0 saturated heterocycles. The normalized spacial score (nSPS) is 10.9. The van der Waals surface area contributed by atoms with Crippen LogP contribution in [-0.2, 0) is 7.05 Å². The lowest BCUT2D eigenvalue weighted by Gasteiger charge is -2.08. The van der Waals surface area contributed by atoms with Crippen molar-refractivity contribution in [3.63, 3.8) is 0 Å². The first-order valence-electron chi connectivity index (χ1n) is 6.34. The second kappa shape index (κ2) is 5.70. The first kappa shape index (κ1) is 15.0. The van der Waals surface area contributed by atoms with Crippen LogP contribution in [-0.4, -0.2) is 15.5 Å². The number of carbonyl (C=O) groups is 1. The Morgan fingerprint density at radius 3 is 2.86 bits per heavy atom. The van der Waals surface area contributed by atoms with Crippen molar-refractivity contribution in [2.75, 3.05) is 5.32 Å². The molecule has 0 unspecified atom stereocenters. The van der Waals surface area contributed by atoms with Crippen LogP contribution in [0.4, 0.5) is 10.1 Å².